The summed E-state index contributed by atoms with van der Waals surface area (Å²) in [4.78, 5) is 23.9. The average Bonchev–Trinajstić information content (AvgIpc) is 3.21. The number of rotatable bonds is 5. The van der Waals surface area contributed by atoms with Crippen LogP contribution >= 0.6 is 0 Å². The zero-order valence-corrected chi connectivity index (χ0v) is 16.0. The fourth-order valence-corrected chi connectivity index (χ4v) is 3.33. The molecule has 0 spiro atoms. The van der Waals surface area contributed by atoms with Gasteiger partial charge in [-0.1, -0.05) is 18.2 Å². The first-order valence-electron chi connectivity index (χ1n) is 9.23. The van der Waals surface area contributed by atoms with Gasteiger partial charge < -0.3 is 14.8 Å². The van der Waals surface area contributed by atoms with E-state index in [0.717, 1.165) is 17.3 Å². The van der Waals surface area contributed by atoms with Crippen molar-refractivity contribution >= 4 is 16.9 Å². The summed E-state index contributed by atoms with van der Waals surface area (Å²) in [7, 11) is 0. The second-order valence-electron chi connectivity index (χ2n) is 6.97. The Labute approximate surface area is 170 Å². The molecule has 0 bridgehead atoms. The number of halogens is 1. The van der Waals surface area contributed by atoms with Gasteiger partial charge in [0, 0.05) is 18.9 Å². The van der Waals surface area contributed by atoms with E-state index in [1.54, 1.807) is 34.5 Å². The maximum atomic E-state index is 14.3. The number of nitrogens with zero attached hydrogens (tertiary/aromatic N) is 3. The number of aromatic nitrogens is 3. The van der Waals surface area contributed by atoms with Crippen molar-refractivity contribution in [2.24, 2.45) is 0 Å². The normalized spacial score (nSPS) is 12.2. The first kappa shape index (κ1) is 19.5. The number of aromatic carboxylic acids is 1. The van der Waals surface area contributed by atoms with E-state index >= 15 is 0 Å². The molecule has 7 nitrogen and oxygen atoms in total. The topological polar surface area (TPSA) is 97.4 Å². The van der Waals surface area contributed by atoms with Crippen LogP contribution in [0.2, 0.25) is 0 Å². The van der Waals surface area contributed by atoms with Crippen LogP contribution < -0.4 is 5.43 Å². The van der Waals surface area contributed by atoms with Crippen molar-refractivity contribution in [3.05, 3.63) is 93.8 Å². The molecular formula is C22H18FN3O4. The van der Waals surface area contributed by atoms with Crippen molar-refractivity contribution in [1.82, 2.24) is 14.3 Å². The van der Waals surface area contributed by atoms with Crippen molar-refractivity contribution in [3.63, 3.8) is 0 Å². The Bertz CT molecular complexity index is 1310. The van der Waals surface area contributed by atoms with E-state index in [0.29, 0.717) is 11.2 Å². The highest BCUT2D eigenvalue weighted by atomic mass is 19.1. The molecule has 0 radical (unpaired) electrons. The van der Waals surface area contributed by atoms with Crippen LogP contribution in [-0.4, -0.2) is 30.5 Å². The average molecular weight is 407 g/mol. The van der Waals surface area contributed by atoms with E-state index in [2.05, 4.69) is 5.10 Å². The van der Waals surface area contributed by atoms with Crippen LogP contribution in [-0.2, 0) is 6.54 Å². The lowest BCUT2D eigenvalue weighted by Crippen LogP contribution is -2.20. The first-order chi connectivity index (χ1) is 14.3. The smallest absolute Gasteiger partial charge is 0.341 e. The van der Waals surface area contributed by atoms with Gasteiger partial charge in [-0.2, -0.15) is 5.10 Å². The molecule has 1 atom stereocenters. The Kier molecular flexibility index (Phi) is 4.93. The number of carboxylic acids is 1. The van der Waals surface area contributed by atoms with Crippen molar-refractivity contribution < 1.29 is 19.4 Å². The molecule has 4 rings (SSSR count). The molecule has 0 fully saturated rings. The minimum Gasteiger partial charge on any atom is -0.477 e. The second-order valence-corrected chi connectivity index (χ2v) is 6.97. The summed E-state index contributed by atoms with van der Waals surface area (Å²) in [6, 6.07) is 13.3. The largest absolute Gasteiger partial charge is 0.477 e. The van der Waals surface area contributed by atoms with Crippen molar-refractivity contribution in [3.8, 4) is 5.69 Å². The predicted octanol–water partition coefficient (Wildman–Crippen LogP) is 3.13. The molecule has 0 amide bonds. The Morgan fingerprint density at radius 2 is 1.90 bits per heavy atom. The van der Waals surface area contributed by atoms with Gasteiger partial charge in [-0.3, -0.25) is 4.79 Å². The van der Waals surface area contributed by atoms with Gasteiger partial charge in [-0.05, 0) is 42.8 Å². The number of carbonyl (C=O) groups is 1. The van der Waals surface area contributed by atoms with Crippen LogP contribution in [0.3, 0.4) is 0 Å². The molecule has 0 aliphatic rings. The first-order valence-corrected chi connectivity index (χ1v) is 9.23. The maximum absolute atomic E-state index is 14.3. The molecule has 8 heteroatoms. The molecule has 0 aliphatic carbocycles. The third kappa shape index (κ3) is 3.48. The fourth-order valence-electron chi connectivity index (χ4n) is 3.33. The number of hydrogen-bond donors (Lipinski definition) is 2. The quantitative estimate of drug-likeness (QED) is 0.530. The lowest BCUT2D eigenvalue weighted by molar-refractivity contribution is 0.0695. The number of hydrogen-bond acceptors (Lipinski definition) is 4. The van der Waals surface area contributed by atoms with E-state index in [4.69, 9.17) is 0 Å². The highest BCUT2D eigenvalue weighted by molar-refractivity contribution is 5.92. The van der Waals surface area contributed by atoms with E-state index in [1.165, 1.54) is 12.3 Å². The van der Waals surface area contributed by atoms with Gasteiger partial charge in [-0.15, -0.1) is 0 Å². The summed E-state index contributed by atoms with van der Waals surface area (Å²) < 4.78 is 17.5. The number of aliphatic hydroxyl groups is 1. The van der Waals surface area contributed by atoms with E-state index in [-0.39, 0.29) is 11.9 Å². The Morgan fingerprint density at radius 3 is 2.53 bits per heavy atom. The lowest BCUT2D eigenvalue weighted by Gasteiger charge is -2.13. The van der Waals surface area contributed by atoms with Crippen LogP contribution in [0.5, 0.6) is 0 Å². The van der Waals surface area contributed by atoms with Crippen LogP contribution in [0.25, 0.3) is 16.6 Å². The zero-order valence-electron chi connectivity index (χ0n) is 16.0. The number of benzene rings is 2. The minimum absolute atomic E-state index is 0.240. The highest BCUT2D eigenvalue weighted by Crippen LogP contribution is 2.19. The molecule has 30 heavy (non-hydrogen) atoms. The minimum atomic E-state index is -1.40. The summed E-state index contributed by atoms with van der Waals surface area (Å²) >= 11 is 0. The van der Waals surface area contributed by atoms with Crippen molar-refractivity contribution in [2.75, 3.05) is 0 Å². The number of carboxylic acid groups (broad SMARTS) is 1. The fraction of sp³-hybridized carbons (Fsp3) is 0.136. The van der Waals surface area contributed by atoms with Gasteiger partial charge in [0.1, 0.15) is 11.4 Å². The molecule has 2 aromatic carbocycles. The second kappa shape index (κ2) is 7.57. The lowest BCUT2D eigenvalue weighted by atomic mass is 10.1. The van der Waals surface area contributed by atoms with Crippen LogP contribution in [0, 0.1) is 5.82 Å². The SMILES string of the molecule is CC(O)c1ccn(-c2ccc(Cn3cc(C(=O)O)c(=O)c4c(F)cccc43)cc2)n1. The Balaban J connectivity index is 1.72. The number of fused-ring (bicyclic) bond motifs is 1. The van der Waals surface area contributed by atoms with Gasteiger partial charge in [0.05, 0.1) is 28.4 Å². The summed E-state index contributed by atoms with van der Waals surface area (Å²) in [5, 5.41) is 23.0. The molecule has 2 N–H and O–H groups in total. The third-order valence-electron chi connectivity index (χ3n) is 4.88. The zero-order chi connectivity index (χ0) is 21.4. The molecule has 4 aromatic rings. The van der Waals surface area contributed by atoms with Crippen LogP contribution in [0.1, 0.15) is 34.6 Å². The van der Waals surface area contributed by atoms with E-state index < -0.39 is 28.9 Å². The standard InChI is InChI=1S/C22H18FN3O4/c1-13(27)18-9-10-26(24-18)15-7-5-14(6-8-15)11-25-12-16(22(29)30)21(28)20-17(23)3-2-4-19(20)25/h2-10,12-13,27H,11H2,1H3,(H,29,30). The molecular weight excluding hydrogens is 389 g/mol. The molecule has 2 heterocycles. The molecule has 0 saturated heterocycles. The monoisotopic (exact) mass is 407 g/mol. The van der Waals surface area contributed by atoms with Gasteiger partial charge in [0.25, 0.3) is 0 Å². The van der Waals surface area contributed by atoms with Gasteiger partial charge in [0.15, 0.2) is 0 Å². The molecule has 1 unspecified atom stereocenters. The molecule has 2 aromatic heterocycles. The Morgan fingerprint density at radius 1 is 1.17 bits per heavy atom. The highest BCUT2D eigenvalue weighted by Gasteiger charge is 2.17. The summed E-state index contributed by atoms with van der Waals surface area (Å²) in [5.74, 6) is -2.15. The van der Waals surface area contributed by atoms with Crippen molar-refractivity contribution in [1.29, 1.82) is 0 Å². The van der Waals surface area contributed by atoms with E-state index in [1.807, 2.05) is 24.3 Å². The van der Waals surface area contributed by atoms with E-state index in [9.17, 15) is 24.2 Å². The molecule has 0 aliphatic heterocycles. The number of pyridine rings is 1. The third-order valence-corrected chi connectivity index (χ3v) is 4.88. The Hall–Kier alpha value is -3.78. The number of aliphatic hydroxyl groups excluding tert-OH is 1. The maximum Gasteiger partial charge on any atom is 0.341 e. The van der Waals surface area contributed by atoms with Crippen LogP contribution in [0.15, 0.2) is 65.7 Å². The van der Waals surface area contributed by atoms with Gasteiger partial charge in [0.2, 0.25) is 5.43 Å². The van der Waals surface area contributed by atoms with Crippen molar-refractivity contribution in [2.45, 2.75) is 19.6 Å². The van der Waals surface area contributed by atoms with Gasteiger partial charge in [-0.25, -0.2) is 13.9 Å². The molecule has 152 valence electrons. The predicted molar refractivity (Wildman–Crippen MR) is 108 cm³/mol. The molecule has 0 saturated carbocycles. The van der Waals surface area contributed by atoms with Gasteiger partial charge >= 0.3 is 5.97 Å². The van der Waals surface area contributed by atoms with Crippen LogP contribution in [0.4, 0.5) is 4.39 Å². The summed E-state index contributed by atoms with van der Waals surface area (Å²) in [6.45, 7) is 1.89. The summed E-state index contributed by atoms with van der Waals surface area (Å²) in [6.07, 6.45) is 2.32. The summed E-state index contributed by atoms with van der Waals surface area (Å²) in [5.41, 5.74) is 1.17.